The molecule has 3 rings (SSSR count). The molecule has 1 aromatic heterocycles. The number of hydrogen-bond acceptors (Lipinski definition) is 6. The number of hydrogen-bond donors (Lipinski definition) is 1. The Hall–Kier alpha value is -3.48. The first-order valence-electron chi connectivity index (χ1n) is 7.61. The maximum Gasteiger partial charge on any atom is 0.343 e. The largest absolute Gasteiger partial charge is 0.493 e. The summed E-state index contributed by atoms with van der Waals surface area (Å²) in [6, 6.07) is 9.52. The van der Waals surface area contributed by atoms with Gasteiger partial charge in [0.25, 0.3) is 0 Å². The number of aromatic carboxylic acids is 1. The van der Waals surface area contributed by atoms with Crippen LogP contribution in [0.5, 0.6) is 17.2 Å². The summed E-state index contributed by atoms with van der Waals surface area (Å²) < 4.78 is 21.6. The average Bonchev–Trinajstić information content (AvgIpc) is 2.66. The van der Waals surface area contributed by atoms with Gasteiger partial charge in [-0.2, -0.15) is 0 Å². The maximum absolute atomic E-state index is 12.7. The zero-order valence-electron chi connectivity index (χ0n) is 14.4. The second-order valence-corrected chi connectivity index (χ2v) is 5.35. The Labute approximate surface area is 148 Å². The van der Waals surface area contributed by atoms with Gasteiger partial charge in [-0.05, 0) is 24.3 Å². The predicted molar refractivity (Wildman–Crippen MR) is 94.5 cm³/mol. The van der Waals surface area contributed by atoms with Gasteiger partial charge in [-0.1, -0.05) is 12.1 Å². The Bertz CT molecular complexity index is 1020. The zero-order valence-corrected chi connectivity index (χ0v) is 14.4. The van der Waals surface area contributed by atoms with Gasteiger partial charge in [0.15, 0.2) is 22.8 Å². The average molecular weight is 356 g/mol. The second-order valence-electron chi connectivity index (χ2n) is 5.35. The minimum atomic E-state index is -1.38. The van der Waals surface area contributed by atoms with Gasteiger partial charge in [0, 0.05) is 5.56 Å². The Morgan fingerprint density at radius 3 is 2.15 bits per heavy atom. The highest BCUT2D eigenvalue weighted by atomic mass is 16.5. The van der Waals surface area contributed by atoms with Gasteiger partial charge in [-0.3, -0.25) is 4.79 Å². The summed E-state index contributed by atoms with van der Waals surface area (Å²) in [6.07, 6.45) is 0. The van der Waals surface area contributed by atoms with Crippen LogP contribution in [0.25, 0.3) is 22.3 Å². The van der Waals surface area contributed by atoms with E-state index in [9.17, 15) is 14.7 Å². The van der Waals surface area contributed by atoms with Gasteiger partial charge in [0.1, 0.15) is 5.58 Å². The zero-order chi connectivity index (χ0) is 18.8. The van der Waals surface area contributed by atoms with Crippen molar-refractivity contribution in [2.24, 2.45) is 0 Å². The van der Waals surface area contributed by atoms with Crippen LogP contribution in [-0.2, 0) is 0 Å². The number of ether oxygens (including phenoxy) is 3. The highest BCUT2D eigenvalue weighted by molar-refractivity contribution is 5.98. The number of benzene rings is 2. The molecule has 3 aromatic rings. The van der Waals surface area contributed by atoms with Crippen LogP contribution in [0.15, 0.2) is 45.6 Å². The molecule has 0 bridgehead atoms. The van der Waals surface area contributed by atoms with Crippen LogP contribution in [0, 0.1) is 0 Å². The number of carbonyl (C=O) groups is 1. The van der Waals surface area contributed by atoms with E-state index in [1.165, 1.54) is 39.5 Å². The van der Waals surface area contributed by atoms with Crippen molar-refractivity contribution in [1.29, 1.82) is 0 Å². The number of carboxylic acid groups (broad SMARTS) is 1. The fourth-order valence-electron chi connectivity index (χ4n) is 2.75. The third kappa shape index (κ3) is 2.73. The summed E-state index contributed by atoms with van der Waals surface area (Å²) in [5.74, 6) is -0.490. The van der Waals surface area contributed by atoms with Gasteiger partial charge in [0.05, 0.1) is 26.7 Å². The predicted octanol–water partition coefficient (Wildman–Crippen LogP) is 3.18. The van der Waals surface area contributed by atoms with Crippen molar-refractivity contribution in [2.75, 3.05) is 21.3 Å². The van der Waals surface area contributed by atoms with Crippen LogP contribution >= 0.6 is 0 Å². The van der Waals surface area contributed by atoms with Crippen LogP contribution in [0.2, 0.25) is 0 Å². The molecule has 26 heavy (non-hydrogen) atoms. The van der Waals surface area contributed by atoms with E-state index < -0.39 is 17.0 Å². The first-order valence-corrected chi connectivity index (χ1v) is 7.61. The van der Waals surface area contributed by atoms with Gasteiger partial charge in [-0.25, -0.2) is 4.79 Å². The summed E-state index contributed by atoms with van der Waals surface area (Å²) in [7, 11) is 4.34. The summed E-state index contributed by atoms with van der Waals surface area (Å²) in [5, 5.41) is 9.77. The van der Waals surface area contributed by atoms with Gasteiger partial charge in [0.2, 0.25) is 11.2 Å². The van der Waals surface area contributed by atoms with E-state index in [0.717, 1.165) is 0 Å². The van der Waals surface area contributed by atoms with E-state index in [1.54, 1.807) is 18.2 Å². The Balaban J connectivity index is 2.40. The van der Waals surface area contributed by atoms with E-state index in [4.69, 9.17) is 18.6 Å². The van der Waals surface area contributed by atoms with Crippen LogP contribution in [0.1, 0.15) is 10.4 Å². The third-order valence-corrected chi connectivity index (χ3v) is 3.94. The summed E-state index contributed by atoms with van der Waals surface area (Å²) in [6.45, 7) is 0. The molecule has 0 amide bonds. The molecule has 1 heterocycles. The van der Waals surface area contributed by atoms with Crippen LogP contribution in [0.3, 0.4) is 0 Å². The first-order chi connectivity index (χ1) is 12.5. The lowest BCUT2D eigenvalue weighted by atomic mass is 10.0. The number of para-hydroxylation sites is 1. The van der Waals surface area contributed by atoms with E-state index >= 15 is 0 Å². The summed E-state index contributed by atoms with van der Waals surface area (Å²) in [5.41, 5.74) is -0.480. The minimum Gasteiger partial charge on any atom is -0.493 e. The van der Waals surface area contributed by atoms with Crippen molar-refractivity contribution in [1.82, 2.24) is 0 Å². The molecule has 0 saturated heterocycles. The molecular weight excluding hydrogens is 340 g/mol. The van der Waals surface area contributed by atoms with Gasteiger partial charge >= 0.3 is 5.97 Å². The number of methoxy groups -OCH3 is 3. The molecule has 7 heteroatoms. The molecule has 0 aliphatic heterocycles. The molecule has 0 aliphatic rings. The smallest absolute Gasteiger partial charge is 0.343 e. The van der Waals surface area contributed by atoms with Crippen LogP contribution in [0.4, 0.5) is 0 Å². The fourth-order valence-corrected chi connectivity index (χ4v) is 2.75. The van der Waals surface area contributed by atoms with Crippen molar-refractivity contribution < 1.29 is 28.5 Å². The monoisotopic (exact) mass is 356 g/mol. The van der Waals surface area contributed by atoms with Crippen molar-refractivity contribution in [2.45, 2.75) is 0 Å². The lowest BCUT2D eigenvalue weighted by molar-refractivity contribution is 0.0694. The summed E-state index contributed by atoms with van der Waals surface area (Å²) >= 11 is 0. The lowest BCUT2D eigenvalue weighted by Gasteiger charge is -2.14. The van der Waals surface area contributed by atoms with E-state index in [-0.39, 0.29) is 16.7 Å². The SMILES string of the molecule is COc1cc(-c2oc3ccccc3c(=O)c2C(=O)O)cc(OC)c1OC. The molecule has 1 N–H and O–H groups in total. The van der Waals surface area contributed by atoms with Crippen molar-refractivity contribution in [3.05, 3.63) is 52.2 Å². The quantitative estimate of drug-likeness (QED) is 0.750. The van der Waals surface area contributed by atoms with Crippen molar-refractivity contribution in [3.63, 3.8) is 0 Å². The molecule has 0 unspecified atom stereocenters. The van der Waals surface area contributed by atoms with Crippen molar-refractivity contribution >= 4 is 16.9 Å². The molecular formula is C19H16O7. The topological polar surface area (TPSA) is 95.2 Å². The van der Waals surface area contributed by atoms with E-state index in [2.05, 4.69) is 0 Å². The highest BCUT2D eigenvalue weighted by Crippen LogP contribution is 2.42. The van der Waals surface area contributed by atoms with Gasteiger partial charge in [-0.15, -0.1) is 0 Å². The highest BCUT2D eigenvalue weighted by Gasteiger charge is 2.24. The van der Waals surface area contributed by atoms with Crippen molar-refractivity contribution in [3.8, 4) is 28.6 Å². The molecule has 2 aromatic carbocycles. The van der Waals surface area contributed by atoms with Crippen LogP contribution in [-0.4, -0.2) is 32.4 Å². The molecule has 0 radical (unpaired) electrons. The Morgan fingerprint density at radius 1 is 1.00 bits per heavy atom. The van der Waals surface area contributed by atoms with Gasteiger partial charge < -0.3 is 23.7 Å². The van der Waals surface area contributed by atoms with E-state index in [0.29, 0.717) is 22.8 Å². The molecule has 7 nitrogen and oxygen atoms in total. The van der Waals surface area contributed by atoms with E-state index in [1.807, 2.05) is 0 Å². The Kier molecular flexibility index (Phi) is 4.53. The molecule has 0 spiro atoms. The third-order valence-electron chi connectivity index (χ3n) is 3.94. The minimum absolute atomic E-state index is 0.0829. The molecule has 0 fully saturated rings. The number of fused-ring (bicyclic) bond motifs is 1. The fraction of sp³-hybridized carbons (Fsp3) is 0.158. The standard InChI is InChI=1S/C19H16O7/c1-23-13-8-10(9-14(24-2)18(13)25-3)17-15(19(21)22)16(20)11-6-4-5-7-12(11)26-17/h4-9H,1-3H3,(H,21,22). The lowest BCUT2D eigenvalue weighted by Crippen LogP contribution is -2.16. The molecule has 0 aliphatic carbocycles. The summed E-state index contributed by atoms with van der Waals surface area (Å²) in [4.78, 5) is 24.4. The maximum atomic E-state index is 12.7. The molecule has 0 saturated carbocycles. The molecule has 0 atom stereocenters. The van der Waals surface area contributed by atoms with Crippen LogP contribution < -0.4 is 19.6 Å². The second kappa shape index (κ2) is 6.79. The molecule has 134 valence electrons. The first kappa shape index (κ1) is 17.3. The Morgan fingerprint density at radius 2 is 1.62 bits per heavy atom. The number of carboxylic acids is 1. The normalized spacial score (nSPS) is 10.6. The number of rotatable bonds is 5.